The van der Waals surface area contributed by atoms with Crippen LogP contribution in [0.25, 0.3) is 0 Å². The van der Waals surface area contributed by atoms with Crippen LogP contribution in [0.2, 0.25) is 0 Å². The Morgan fingerprint density at radius 2 is 1.42 bits per heavy atom. The predicted molar refractivity (Wildman–Crippen MR) is 82.8 cm³/mol. The first kappa shape index (κ1) is 16.8. The normalized spacial score (nSPS) is 10.2. The van der Waals surface area contributed by atoms with E-state index in [0.29, 0.717) is 5.56 Å². The van der Waals surface area contributed by atoms with E-state index in [9.17, 15) is 24.6 Å². The Morgan fingerprint density at radius 1 is 0.833 bits per heavy atom. The Morgan fingerprint density at radius 3 is 2.00 bits per heavy atom. The average molecular weight is 331 g/mol. The first-order valence-electron chi connectivity index (χ1n) is 6.64. The maximum Gasteiger partial charge on any atom is 0.339 e. The molecule has 0 radical (unpaired) electrons. The van der Waals surface area contributed by atoms with E-state index in [1.165, 1.54) is 18.2 Å². The summed E-state index contributed by atoms with van der Waals surface area (Å²) in [5.41, 5.74) is -0.153. The second-order valence-corrected chi connectivity index (χ2v) is 5.04. The zero-order valence-corrected chi connectivity index (χ0v) is 12.4. The van der Waals surface area contributed by atoms with E-state index in [1.807, 2.05) is 0 Å². The van der Waals surface area contributed by atoms with E-state index >= 15 is 0 Å². The van der Waals surface area contributed by atoms with Crippen LogP contribution < -0.4 is 5.32 Å². The molecule has 0 aliphatic heterocycles. The third-order valence-electron chi connectivity index (χ3n) is 3.17. The summed E-state index contributed by atoms with van der Waals surface area (Å²) in [6, 6.07) is 5.75. The Balaban J connectivity index is 2.36. The number of hydrogen-bond acceptors (Lipinski definition) is 5. The van der Waals surface area contributed by atoms with Crippen molar-refractivity contribution in [2.45, 2.75) is 6.92 Å². The molecule has 2 aromatic rings. The summed E-state index contributed by atoms with van der Waals surface area (Å²) in [4.78, 5) is 34.1. The number of carboxylic acid groups (broad SMARTS) is 2. The van der Waals surface area contributed by atoms with Crippen molar-refractivity contribution < 1.29 is 34.8 Å². The Kier molecular flexibility index (Phi) is 4.41. The SMILES string of the molecule is Cc1cc(NC(=O)c2cc(O)c(C(=O)O)cc2O)cc(C(=O)O)c1. The van der Waals surface area contributed by atoms with Crippen molar-refractivity contribution in [1.82, 2.24) is 0 Å². The fourth-order valence-corrected chi connectivity index (χ4v) is 2.11. The lowest BCUT2D eigenvalue weighted by Gasteiger charge is -2.10. The minimum absolute atomic E-state index is 0.0291. The van der Waals surface area contributed by atoms with Crippen molar-refractivity contribution in [3.63, 3.8) is 0 Å². The Bertz CT molecular complexity index is 858. The van der Waals surface area contributed by atoms with Gasteiger partial charge in [-0.1, -0.05) is 0 Å². The van der Waals surface area contributed by atoms with Crippen LogP contribution in [-0.4, -0.2) is 38.3 Å². The molecule has 8 nitrogen and oxygen atoms in total. The Hall–Kier alpha value is -3.55. The van der Waals surface area contributed by atoms with Crippen LogP contribution in [-0.2, 0) is 0 Å². The second-order valence-electron chi connectivity index (χ2n) is 5.04. The number of nitrogens with one attached hydrogen (secondary N) is 1. The van der Waals surface area contributed by atoms with Gasteiger partial charge >= 0.3 is 11.9 Å². The van der Waals surface area contributed by atoms with Gasteiger partial charge in [-0.15, -0.1) is 0 Å². The van der Waals surface area contributed by atoms with Crippen molar-refractivity contribution in [2.24, 2.45) is 0 Å². The third-order valence-corrected chi connectivity index (χ3v) is 3.17. The molecule has 1 amide bonds. The van der Waals surface area contributed by atoms with E-state index in [2.05, 4.69) is 5.32 Å². The van der Waals surface area contributed by atoms with Gasteiger partial charge in [0.25, 0.3) is 5.91 Å². The zero-order chi connectivity index (χ0) is 18.0. The van der Waals surface area contributed by atoms with Gasteiger partial charge in [-0.3, -0.25) is 4.79 Å². The summed E-state index contributed by atoms with van der Waals surface area (Å²) in [7, 11) is 0. The molecule has 0 heterocycles. The number of aromatic hydroxyl groups is 2. The molecule has 24 heavy (non-hydrogen) atoms. The van der Waals surface area contributed by atoms with Gasteiger partial charge in [-0.2, -0.15) is 0 Å². The predicted octanol–water partition coefficient (Wildman–Crippen LogP) is 2.05. The van der Waals surface area contributed by atoms with Crippen LogP contribution in [0.1, 0.15) is 36.6 Å². The van der Waals surface area contributed by atoms with Crippen molar-refractivity contribution in [2.75, 3.05) is 5.32 Å². The van der Waals surface area contributed by atoms with Gasteiger partial charge in [0.1, 0.15) is 17.1 Å². The van der Waals surface area contributed by atoms with Crippen LogP contribution in [0.4, 0.5) is 5.69 Å². The number of anilines is 1. The molecule has 2 aromatic carbocycles. The maximum absolute atomic E-state index is 12.2. The summed E-state index contributed by atoms with van der Waals surface area (Å²) in [6.45, 7) is 1.65. The smallest absolute Gasteiger partial charge is 0.339 e. The lowest BCUT2D eigenvalue weighted by atomic mass is 10.1. The summed E-state index contributed by atoms with van der Waals surface area (Å²) >= 11 is 0. The zero-order valence-electron chi connectivity index (χ0n) is 12.4. The molecule has 0 saturated heterocycles. The molecule has 5 N–H and O–H groups in total. The molecule has 8 heteroatoms. The van der Waals surface area contributed by atoms with Gasteiger partial charge < -0.3 is 25.7 Å². The van der Waals surface area contributed by atoms with Crippen LogP contribution in [0.15, 0.2) is 30.3 Å². The van der Waals surface area contributed by atoms with Crippen LogP contribution in [0.3, 0.4) is 0 Å². The molecule has 0 spiro atoms. The number of aromatic carboxylic acids is 2. The number of benzene rings is 2. The number of hydrogen-bond donors (Lipinski definition) is 5. The molecular weight excluding hydrogens is 318 g/mol. The number of phenols is 2. The van der Waals surface area contributed by atoms with Crippen LogP contribution in [0, 0.1) is 6.92 Å². The summed E-state index contributed by atoms with van der Waals surface area (Å²) in [5, 5.41) is 39.6. The van der Waals surface area contributed by atoms with Crippen molar-refractivity contribution >= 4 is 23.5 Å². The summed E-state index contributed by atoms with van der Waals surface area (Å²) in [5.74, 6) is -4.77. The fourth-order valence-electron chi connectivity index (χ4n) is 2.11. The molecule has 0 aromatic heterocycles. The number of rotatable bonds is 4. The van der Waals surface area contributed by atoms with Crippen molar-refractivity contribution in [3.8, 4) is 11.5 Å². The van der Waals surface area contributed by atoms with E-state index in [1.54, 1.807) is 6.92 Å². The molecule has 0 bridgehead atoms. The molecule has 0 fully saturated rings. The summed E-state index contributed by atoms with van der Waals surface area (Å²) < 4.78 is 0. The molecular formula is C16H13NO7. The lowest BCUT2D eigenvalue weighted by molar-refractivity contribution is 0.0684. The molecule has 0 unspecified atom stereocenters. The molecule has 0 aliphatic carbocycles. The van der Waals surface area contributed by atoms with Gasteiger partial charge in [0.15, 0.2) is 0 Å². The molecule has 0 saturated carbocycles. The second kappa shape index (κ2) is 6.29. The number of carbonyl (C=O) groups excluding carboxylic acids is 1. The number of aryl methyl sites for hydroxylation is 1. The first-order valence-corrected chi connectivity index (χ1v) is 6.64. The molecule has 0 atom stereocenters. The topological polar surface area (TPSA) is 144 Å². The lowest BCUT2D eigenvalue weighted by Crippen LogP contribution is -2.13. The minimum Gasteiger partial charge on any atom is -0.507 e. The van der Waals surface area contributed by atoms with Gasteiger partial charge in [0.05, 0.1) is 11.1 Å². The first-order chi connectivity index (χ1) is 11.2. The third kappa shape index (κ3) is 3.43. The monoisotopic (exact) mass is 331 g/mol. The highest BCUT2D eigenvalue weighted by atomic mass is 16.4. The van der Waals surface area contributed by atoms with E-state index in [0.717, 1.165) is 12.1 Å². The van der Waals surface area contributed by atoms with Gasteiger partial charge in [-0.05, 0) is 42.8 Å². The fraction of sp³-hybridized carbons (Fsp3) is 0.0625. The number of amides is 1. The average Bonchev–Trinajstić information content (AvgIpc) is 2.48. The maximum atomic E-state index is 12.2. The number of carboxylic acids is 2. The van der Waals surface area contributed by atoms with Gasteiger partial charge in [-0.25, -0.2) is 9.59 Å². The highest BCUT2D eigenvalue weighted by Gasteiger charge is 2.19. The van der Waals surface area contributed by atoms with Crippen molar-refractivity contribution in [1.29, 1.82) is 0 Å². The molecule has 124 valence electrons. The Labute approximate surface area is 135 Å². The quantitative estimate of drug-likeness (QED) is 0.539. The standard InChI is InChI=1S/C16H13NO7/c1-7-2-8(15(21)22)4-9(3-7)17-14(20)10-5-13(19)11(16(23)24)6-12(10)18/h2-6,18-19H,1H3,(H,17,20)(H,21,22)(H,23,24). The number of phenolic OH excluding ortho intramolecular Hbond substituents is 1. The van der Waals surface area contributed by atoms with Gasteiger partial charge in [0, 0.05) is 5.69 Å². The van der Waals surface area contributed by atoms with Crippen molar-refractivity contribution in [3.05, 3.63) is 52.6 Å². The van der Waals surface area contributed by atoms with Crippen LogP contribution in [0.5, 0.6) is 11.5 Å². The highest BCUT2D eigenvalue weighted by Crippen LogP contribution is 2.28. The highest BCUT2D eigenvalue weighted by molar-refractivity contribution is 6.08. The van der Waals surface area contributed by atoms with E-state index in [-0.39, 0.29) is 16.8 Å². The van der Waals surface area contributed by atoms with E-state index in [4.69, 9.17) is 10.2 Å². The minimum atomic E-state index is -1.46. The van der Waals surface area contributed by atoms with E-state index < -0.39 is 34.9 Å². The van der Waals surface area contributed by atoms with Gasteiger partial charge in [0.2, 0.25) is 0 Å². The number of carbonyl (C=O) groups is 3. The summed E-state index contributed by atoms with van der Waals surface area (Å²) in [6.07, 6.45) is 0. The largest absolute Gasteiger partial charge is 0.507 e. The van der Waals surface area contributed by atoms with Crippen LogP contribution >= 0.6 is 0 Å². The molecule has 0 aliphatic rings. The molecule has 2 rings (SSSR count).